The Labute approximate surface area is 102 Å². The molecule has 4 heteroatoms. The van der Waals surface area contributed by atoms with E-state index in [0.29, 0.717) is 6.42 Å². The molecule has 0 N–H and O–H groups in total. The second-order valence-corrected chi connectivity index (χ2v) is 4.11. The Hall–Kier alpha value is -0.900. The van der Waals surface area contributed by atoms with Crippen molar-refractivity contribution in [3.05, 3.63) is 18.0 Å². The molecule has 0 aromatic carbocycles. The van der Waals surface area contributed by atoms with E-state index in [9.17, 15) is 4.79 Å². The molecule has 3 nitrogen and oxygen atoms in total. The standard InChI is InChI=1S/C10H14N2OS.C2H6/c1-7(2)9(13)6-8-4-5-11-10(12-8)14-3;1-2/h4-5,7H,6H2,1-3H3;1-2H3. The molecule has 1 heterocycles. The summed E-state index contributed by atoms with van der Waals surface area (Å²) in [6, 6.07) is 1.79. The Kier molecular flexibility index (Phi) is 7.81. The van der Waals surface area contributed by atoms with E-state index in [0.717, 1.165) is 10.9 Å². The van der Waals surface area contributed by atoms with Crippen molar-refractivity contribution in [1.29, 1.82) is 0 Å². The van der Waals surface area contributed by atoms with Crippen LogP contribution in [0.2, 0.25) is 0 Å². The first-order valence-electron chi connectivity index (χ1n) is 5.52. The third-order valence-corrected chi connectivity index (χ3v) is 2.43. The van der Waals surface area contributed by atoms with E-state index < -0.39 is 0 Å². The van der Waals surface area contributed by atoms with Crippen LogP contribution < -0.4 is 0 Å². The molecule has 0 amide bonds. The fraction of sp³-hybridized carbons (Fsp3) is 0.583. The van der Waals surface area contributed by atoms with Crippen LogP contribution in [0.25, 0.3) is 0 Å². The molecule has 0 spiro atoms. The highest BCUT2D eigenvalue weighted by Crippen LogP contribution is 2.09. The maximum absolute atomic E-state index is 11.4. The molecule has 0 atom stereocenters. The molecule has 16 heavy (non-hydrogen) atoms. The Morgan fingerprint density at radius 2 is 2.06 bits per heavy atom. The summed E-state index contributed by atoms with van der Waals surface area (Å²) >= 11 is 1.48. The molecule has 0 fully saturated rings. The van der Waals surface area contributed by atoms with Gasteiger partial charge in [0, 0.05) is 18.5 Å². The van der Waals surface area contributed by atoms with E-state index in [1.54, 1.807) is 12.3 Å². The van der Waals surface area contributed by atoms with Gasteiger partial charge in [-0.15, -0.1) is 0 Å². The molecule has 0 aliphatic heterocycles. The summed E-state index contributed by atoms with van der Waals surface area (Å²) < 4.78 is 0. The number of thioether (sulfide) groups is 1. The molecule has 0 aliphatic rings. The van der Waals surface area contributed by atoms with Gasteiger partial charge < -0.3 is 0 Å². The van der Waals surface area contributed by atoms with Gasteiger partial charge in [-0.2, -0.15) is 0 Å². The molecule has 90 valence electrons. The Morgan fingerprint density at radius 1 is 1.44 bits per heavy atom. The van der Waals surface area contributed by atoms with E-state index in [1.165, 1.54) is 11.8 Å². The third-order valence-electron chi connectivity index (χ3n) is 1.87. The monoisotopic (exact) mass is 240 g/mol. The molecular formula is C12H20N2OS. The van der Waals surface area contributed by atoms with Gasteiger partial charge in [-0.3, -0.25) is 4.79 Å². The van der Waals surface area contributed by atoms with E-state index in [2.05, 4.69) is 9.97 Å². The lowest BCUT2D eigenvalue weighted by Crippen LogP contribution is -2.11. The summed E-state index contributed by atoms with van der Waals surface area (Å²) in [7, 11) is 0. The summed E-state index contributed by atoms with van der Waals surface area (Å²) in [4.78, 5) is 19.7. The van der Waals surface area contributed by atoms with Crippen molar-refractivity contribution < 1.29 is 4.79 Å². The fourth-order valence-electron chi connectivity index (χ4n) is 0.955. The molecule has 1 aromatic rings. The maximum Gasteiger partial charge on any atom is 0.187 e. The van der Waals surface area contributed by atoms with Crippen LogP contribution in [0.5, 0.6) is 0 Å². The van der Waals surface area contributed by atoms with E-state index >= 15 is 0 Å². The lowest BCUT2D eigenvalue weighted by atomic mass is 10.0. The van der Waals surface area contributed by atoms with Crippen molar-refractivity contribution >= 4 is 17.5 Å². The Morgan fingerprint density at radius 3 is 2.56 bits per heavy atom. The van der Waals surface area contributed by atoms with Gasteiger partial charge in [-0.05, 0) is 12.3 Å². The number of carbonyl (C=O) groups is 1. The van der Waals surface area contributed by atoms with Crippen LogP contribution in [0.15, 0.2) is 17.4 Å². The highest BCUT2D eigenvalue weighted by molar-refractivity contribution is 7.98. The summed E-state index contributed by atoms with van der Waals surface area (Å²) in [5.74, 6) is 0.290. The smallest absolute Gasteiger partial charge is 0.187 e. The van der Waals surface area contributed by atoms with E-state index in [4.69, 9.17) is 0 Å². The van der Waals surface area contributed by atoms with Crippen molar-refractivity contribution in [2.45, 2.75) is 39.3 Å². The van der Waals surface area contributed by atoms with Crippen LogP contribution in [-0.4, -0.2) is 22.0 Å². The number of Topliss-reactive ketones (excluding diaryl/α,β-unsaturated/α-hetero) is 1. The van der Waals surface area contributed by atoms with Gasteiger partial charge >= 0.3 is 0 Å². The molecule has 1 aromatic heterocycles. The first kappa shape index (κ1) is 15.1. The SMILES string of the molecule is CC.CSc1nccc(CC(=O)C(C)C)n1. The van der Waals surface area contributed by atoms with Crippen LogP contribution in [0.4, 0.5) is 0 Å². The Bertz CT molecular complexity index is 327. The minimum Gasteiger partial charge on any atom is -0.299 e. The van der Waals surface area contributed by atoms with Crippen LogP contribution in [0.3, 0.4) is 0 Å². The van der Waals surface area contributed by atoms with Crippen LogP contribution in [0.1, 0.15) is 33.4 Å². The minimum absolute atomic E-state index is 0.0719. The summed E-state index contributed by atoms with van der Waals surface area (Å²) in [5, 5.41) is 0.721. The lowest BCUT2D eigenvalue weighted by Gasteiger charge is -2.03. The second kappa shape index (κ2) is 8.28. The highest BCUT2D eigenvalue weighted by atomic mass is 32.2. The molecule has 0 bridgehead atoms. The molecule has 0 unspecified atom stereocenters. The largest absolute Gasteiger partial charge is 0.299 e. The average Bonchev–Trinajstić information content (AvgIpc) is 2.31. The van der Waals surface area contributed by atoms with Gasteiger partial charge in [-0.1, -0.05) is 39.5 Å². The molecule has 1 rings (SSSR count). The lowest BCUT2D eigenvalue weighted by molar-refractivity contribution is -0.121. The predicted molar refractivity (Wildman–Crippen MR) is 68.7 cm³/mol. The second-order valence-electron chi connectivity index (χ2n) is 3.33. The average molecular weight is 240 g/mol. The minimum atomic E-state index is 0.0719. The number of hydrogen-bond acceptors (Lipinski definition) is 4. The molecule has 0 saturated carbocycles. The zero-order valence-corrected chi connectivity index (χ0v) is 11.5. The van der Waals surface area contributed by atoms with Crippen LogP contribution in [-0.2, 0) is 11.2 Å². The topological polar surface area (TPSA) is 42.9 Å². The van der Waals surface area contributed by atoms with E-state index in [-0.39, 0.29) is 11.7 Å². The van der Waals surface area contributed by atoms with Gasteiger partial charge in [0.2, 0.25) is 0 Å². The summed E-state index contributed by atoms with van der Waals surface area (Å²) in [6.45, 7) is 7.80. The van der Waals surface area contributed by atoms with Gasteiger partial charge in [0.1, 0.15) is 5.78 Å². The molecular weight excluding hydrogens is 220 g/mol. The molecule has 0 saturated heterocycles. The highest BCUT2D eigenvalue weighted by Gasteiger charge is 2.09. The molecule has 0 radical (unpaired) electrons. The number of carbonyl (C=O) groups excluding carboxylic acids is 1. The maximum atomic E-state index is 11.4. The van der Waals surface area contributed by atoms with Gasteiger partial charge in [0.15, 0.2) is 5.16 Å². The van der Waals surface area contributed by atoms with Crippen molar-refractivity contribution in [2.75, 3.05) is 6.26 Å². The normalized spacial score (nSPS) is 9.62. The molecule has 0 aliphatic carbocycles. The first-order chi connectivity index (χ1) is 7.63. The predicted octanol–water partition coefficient (Wildman–Crippen LogP) is 2.99. The van der Waals surface area contributed by atoms with Crippen LogP contribution in [0, 0.1) is 5.92 Å². The summed E-state index contributed by atoms with van der Waals surface area (Å²) in [6.07, 6.45) is 4.03. The van der Waals surface area contributed by atoms with Gasteiger partial charge in [-0.25, -0.2) is 9.97 Å². The number of aromatic nitrogens is 2. The first-order valence-corrected chi connectivity index (χ1v) is 6.74. The fourth-order valence-corrected chi connectivity index (χ4v) is 1.33. The summed E-state index contributed by atoms with van der Waals surface area (Å²) in [5.41, 5.74) is 0.808. The van der Waals surface area contributed by atoms with Crippen molar-refractivity contribution in [3.8, 4) is 0 Å². The zero-order valence-electron chi connectivity index (χ0n) is 10.7. The number of nitrogens with zero attached hydrogens (tertiary/aromatic N) is 2. The Balaban J connectivity index is 0.00000106. The number of rotatable bonds is 4. The van der Waals surface area contributed by atoms with E-state index in [1.807, 2.05) is 34.0 Å². The quantitative estimate of drug-likeness (QED) is 0.599. The number of ketones is 1. The van der Waals surface area contributed by atoms with Crippen LogP contribution >= 0.6 is 11.8 Å². The van der Waals surface area contributed by atoms with Crippen molar-refractivity contribution in [2.24, 2.45) is 5.92 Å². The van der Waals surface area contributed by atoms with Crippen molar-refractivity contribution in [1.82, 2.24) is 9.97 Å². The van der Waals surface area contributed by atoms with Crippen molar-refractivity contribution in [3.63, 3.8) is 0 Å². The zero-order chi connectivity index (χ0) is 12.6. The van der Waals surface area contributed by atoms with Gasteiger partial charge in [0.25, 0.3) is 0 Å². The van der Waals surface area contributed by atoms with Gasteiger partial charge in [0.05, 0.1) is 5.69 Å². The number of hydrogen-bond donors (Lipinski definition) is 0. The third kappa shape index (κ3) is 5.26.